The fourth-order valence-electron chi connectivity index (χ4n) is 2.50. The molecule has 1 heterocycles. The average Bonchev–Trinajstić information content (AvgIpc) is 2.70. The molecule has 0 aliphatic heterocycles. The van der Waals surface area contributed by atoms with Gasteiger partial charge in [0, 0.05) is 5.38 Å². The molecule has 3 nitrogen and oxygen atoms in total. The topological polar surface area (TPSA) is 55.1 Å². The van der Waals surface area contributed by atoms with Crippen LogP contribution in [-0.2, 0) is 4.79 Å². The molecule has 18 heavy (non-hydrogen) atoms. The van der Waals surface area contributed by atoms with E-state index in [1.807, 2.05) is 16.8 Å². The van der Waals surface area contributed by atoms with Crippen LogP contribution < -0.4 is 11.1 Å². The van der Waals surface area contributed by atoms with E-state index in [0.29, 0.717) is 4.99 Å². The maximum absolute atomic E-state index is 12.5. The molecule has 0 atom stereocenters. The third kappa shape index (κ3) is 2.72. The summed E-state index contributed by atoms with van der Waals surface area (Å²) in [5.74, 6) is -0.0321. The number of nitrogens with one attached hydrogen (secondary N) is 1. The predicted octanol–water partition coefficient (Wildman–Crippen LogP) is 3.31. The minimum Gasteiger partial charge on any atom is -0.392 e. The molecule has 0 bridgehead atoms. The minimum absolute atomic E-state index is 0.0321. The Kier molecular flexibility index (Phi) is 4.35. The molecule has 1 saturated carbocycles. The highest BCUT2D eigenvalue weighted by atomic mass is 32.1. The summed E-state index contributed by atoms with van der Waals surface area (Å²) in [4.78, 5) is 12.9. The maximum atomic E-state index is 12.5. The lowest BCUT2D eigenvalue weighted by molar-refractivity contribution is -0.122. The Balaban J connectivity index is 2.18. The zero-order valence-electron chi connectivity index (χ0n) is 10.3. The fraction of sp³-hybridized carbons (Fsp3) is 0.538. The van der Waals surface area contributed by atoms with Gasteiger partial charge in [-0.15, -0.1) is 0 Å². The lowest BCUT2D eigenvalue weighted by Crippen LogP contribution is -2.45. The van der Waals surface area contributed by atoms with Crippen molar-refractivity contribution in [1.82, 2.24) is 0 Å². The van der Waals surface area contributed by atoms with Crippen molar-refractivity contribution in [2.24, 2.45) is 11.1 Å². The van der Waals surface area contributed by atoms with Gasteiger partial charge in [0.05, 0.1) is 16.1 Å². The Bertz CT molecular complexity index is 420. The van der Waals surface area contributed by atoms with Gasteiger partial charge >= 0.3 is 0 Å². The van der Waals surface area contributed by atoms with Gasteiger partial charge in [0.1, 0.15) is 0 Å². The number of anilines is 1. The Morgan fingerprint density at radius 2 is 2.00 bits per heavy atom. The van der Waals surface area contributed by atoms with Gasteiger partial charge in [0.15, 0.2) is 0 Å². The van der Waals surface area contributed by atoms with Crippen LogP contribution >= 0.6 is 23.6 Å². The third-order valence-corrected chi connectivity index (χ3v) is 4.72. The standard InChI is InChI=1S/C13H18N2OS2/c14-11(17)13(6-3-1-2-4-7-13)12(16)15-10-5-8-18-9-10/h5,8-9H,1-4,6-7H2,(H2,14,17)(H,15,16). The molecule has 0 radical (unpaired) electrons. The summed E-state index contributed by atoms with van der Waals surface area (Å²) < 4.78 is 0. The van der Waals surface area contributed by atoms with E-state index in [1.54, 1.807) is 11.3 Å². The Morgan fingerprint density at radius 1 is 1.33 bits per heavy atom. The first-order valence-electron chi connectivity index (χ1n) is 6.29. The van der Waals surface area contributed by atoms with Gasteiger partial charge in [0.25, 0.3) is 0 Å². The largest absolute Gasteiger partial charge is 0.392 e. The van der Waals surface area contributed by atoms with Gasteiger partial charge in [0.2, 0.25) is 5.91 Å². The maximum Gasteiger partial charge on any atom is 0.237 e. The van der Waals surface area contributed by atoms with Crippen molar-refractivity contribution in [2.45, 2.75) is 38.5 Å². The van der Waals surface area contributed by atoms with Crippen molar-refractivity contribution in [3.63, 3.8) is 0 Å². The first kappa shape index (κ1) is 13.5. The Hall–Kier alpha value is -0.940. The number of amides is 1. The number of carbonyl (C=O) groups is 1. The van der Waals surface area contributed by atoms with Crippen molar-refractivity contribution in [1.29, 1.82) is 0 Å². The molecule has 0 aromatic carbocycles. The monoisotopic (exact) mass is 282 g/mol. The SMILES string of the molecule is NC(=S)C1(C(=O)Nc2ccsc2)CCCCCC1. The van der Waals surface area contributed by atoms with E-state index in [0.717, 1.165) is 44.2 Å². The number of thiophene rings is 1. The van der Waals surface area contributed by atoms with E-state index in [-0.39, 0.29) is 5.91 Å². The summed E-state index contributed by atoms with van der Waals surface area (Å²) >= 11 is 6.74. The highest BCUT2D eigenvalue weighted by Crippen LogP contribution is 2.36. The van der Waals surface area contributed by atoms with Crippen molar-refractivity contribution < 1.29 is 4.79 Å². The molecule has 0 unspecified atom stereocenters. The van der Waals surface area contributed by atoms with E-state index < -0.39 is 5.41 Å². The normalized spacial score (nSPS) is 18.9. The molecule has 1 aliphatic rings. The van der Waals surface area contributed by atoms with Crippen molar-refractivity contribution in [3.8, 4) is 0 Å². The first-order chi connectivity index (χ1) is 8.65. The molecule has 1 aromatic heterocycles. The van der Waals surface area contributed by atoms with E-state index in [1.165, 1.54) is 0 Å². The van der Waals surface area contributed by atoms with Gasteiger partial charge in [-0.25, -0.2) is 0 Å². The molecule has 1 aromatic rings. The molecular formula is C13H18N2OS2. The van der Waals surface area contributed by atoms with E-state index in [2.05, 4.69) is 5.32 Å². The summed E-state index contributed by atoms with van der Waals surface area (Å²) in [6.45, 7) is 0. The van der Waals surface area contributed by atoms with Crippen LogP contribution in [-0.4, -0.2) is 10.9 Å². The fourth-order valence-corrected chi connectivity index (χ4v) is 3.39. The molecule has 2 rings (SSSR count). The summed E-state index contributed by atoms with van der Waals surface area (Å²) in [5.41, 5.74) is 6.07. The molecule has 5 heteroatoms. The number of rotatable bonds is 3. The zero-order valence-corrected chi connectivity index (χ0v) is 11.9. The van der Waals surface area contributed by atoms with E-state index in [4.69, 9.17) is 18.0 Å². The van der Waals surface area contributed by atoms with Crippen LogP contribution in [0, 0.1) is 5.41 Å². The zero-order chi connectivity index (χ0) is 13.0. The van der Waals surface area contributed by atoms with Crippen LogP contribution in [0.3, 0.4) is 0 Å². The number of hydrogen-bond donors (Lipinski definition) is 2. The molecule has 0 spiro atoms. The van der Waals surface area contributed by atoms with Crippen LogP contribution in [0.25, 0.3) is 0 Å². The molecule has 1 fully saturated rings. The van der Waals surface area contributed by atoms with Crippen LogP contribution in [0.15, 0.2) is 16.8 Å². The quantitative estimate of drug-likeness (QED) is 0.660. The van der Waals surface area contributed by atoms with Crippen LogP contribution in [0.5, 0.6) is 0 Å². The lowest BCUT2D eigenvalue weighted by atomic mass is 9.79. The highest BCUT2D eigenvalue weighted by Gasteiger charge is 2.41. The smallest absolute Gasteiger partial charge is 0.237 e. The third-order valence-electron chi connectivity index (χ3n) is 3.64. The van der Waals surface area contributed by atoms with Crippen molar-refractivity contribution >= 4 is 40.1 Å². The van der Waals surface area contributed by atoms with Gasteiger partial charge < -0.3 is 11.1 Å². The van der Waals surface area contributed by atoms with Gasteiger partial charge in [-0.2, -0.15) is 11.3 Å². The number of nitrogens with two attached hydrogens (primary N) is 1. The summed E-state index contributed by atoms with van der Waals surface area (Å²) in [6, 6.07) is 1.90. The second-order valence-electron chi connectivity index (χ2n) is 4.83. The molecule has 0 saturated heterocycles. The predicted molar refractivity (Wildman–Crippen MR) is 79.9 cm³/mol. The van der Waals surface area contributed by atoms with Crippen molar-refractivity contribution in [2.75, 3.05) is 5.32 Å². The highest BCUT2D eigenvalue weighted by molar-refractivity contribution is 7.80. The molecule has 98 valence electrons. The van der Waals surface area contributed by atoms with E-state index >= 15 is 0 Å². The second-order valence-corrected chi connectivity index (χ2v) is 6.05. The minimum atomic E-state index is -0.645. The van der Waals surface area contributed by atoms with Gasteiger partial charge in [-0.05, 0) is 24.3 Å². The summed E-state index contributed by atoms with van der Waals surface area (Å²) in [6.07, 6.45) is 5.92. The lowest BCUT2D eigenvalue weighted by Gasteiger charge is -2.29. The van der Waals surface area contributed by atoms with Crippen LogP contribution in [0.1, 0.15) is 38.5 Å². The van der Waals surface area contributed by atoms with Crippen LogP contribution in [0.2, 0.25) is 0 Å². The average molecular weight is 282 g/mol. The second kappa shape index (κ2) is 5.80. The summed E-state index contributed by atoms with van der Waals surface area (Å²) in [5, 5.41) is 6.80. The number of hydrogen-bond acceptors (Lipinski definition) is 3. The van der Waals surface area contributed by atoms with Gasteiger partial charge in [-0.3, -0.25) is 4.79 Å². The van der Waals surface area contributed by atoms with Crippen LogP contribution in [0.4, 0.5) is 5.69 Å². The number of carbonyl (C=O) groups excluding carboxylic acids is 1. The molecule has 1 aliphatic carbocycles. The first-order valence-corrected chi connectivity index (χ1v) is 7.64. The Morgan fingerprint density at radius 3 is 2.50 bits per heavy atom. The van der Waals surface area contributed by atoms with E-state index in [9.17, 15) is 4.79 Å². The summed E-state index contributed by atoms with van der Waals surface area (Å²) in [7, 11) is 0. The molecular weight excluding hydrogens is 264 g/mol. The van der Waals surface area contributed by atoms with Crippen molar-refractivity contribution in [3.05, 3.63) is 16.8 Å². The number of thiocarbonyl (C=S) groups is 1. The van der Waals surface area contributed by atoms with Gasteiger partial charge in [-0.1, -0.05) is 37.9 Å². The Labute approximate surface area is 117 Å². The molecule has 3 N–H and O–H groups in total. The molecule has 1 amide bonds.